The van der Waals surface area contributed by atoms with Gasteiger partial charge in [0, 0.05) is 0 Å². The Hall–Kier alpha value is -1.38. The summed E-state index contributed by atoms with van der Waals surface area (Å²) < 4.78 is 99.0. The van der Waals surface area contributed by atoms with Crippen LogP contribution < -0.4 is 0 Å². The second-order valence-corrected chi connectivity index (χ2v) is 3.68. The molecule has 0 saturated carbocycles. The molecular formula is C10H6F8O. The Morgan fingerprint density at radius 1 is 0.842 bits per heavy atom. The van der Waals surface area contributed by atoms with Gasteiger partial charge >= 0.3 is 12.4 Å². The molecule has 0 aliphatic carbocycles. The van der Waals surface area contributed by atoms with Crippen LogP contribution in [0.5, 0.6) is 0 Å². The van der Waals surface area contributed by atoms with Gasteiger partial charge in [0.2, 0.25) is 0 Å². The van der Waals surface area contributed by atoms with Crippen molar-refractivity contribution in [3.63, 3.8) is 0 Å². The summed E-state index contributed by atoms with van der Waals surface area (Å²) in [7, 11) is 0. The highest BCUT2D eigenvalue weighted by Crippen LogP contribution is 2.46. The highest BCUT2D eigenvalue weighted by Gasteiger charge is 2.60. The van der Waals surface area contributed by atoms with Gasteiger partial charge in [-0.3, -0.25) is 0 Å². The summed E-state index contributed by atoms with van der Waals surface area (Å²) in [6, 6.07) is 0.871. The molecule has 0 fully saturated rings. The molecule has 1 unspecified atom stereocenters. The summed E-state index contributed by atoms with van der Waals surface area (Å²) in [5.74, 6) is -7.18. The molecule has 9 heteroatoms. The number of aliphatic hydroxyl groups is 1. The Bertz CT molecular complexity index is 436. The Morgan fingerprint density at radius 2 is 1.32 bits per heavy atom. The number of hydrogen-bond donors (Lipinski definition) is 1. The molecule has 0 spiro atoms. The summed E-state index contributed by atoms with van der Waals surface area (Å²) in [5, 5.41) is 9.14. The standard InChI is InChI=1S/C10H6F8O/c11-5-2-1-4(3-6(5)12)7(19)8(9(13,14)15)10(16,17)18/h1-3,7-8,19H. The number of rotatable bonds is 2. The summed E-state index contributed by atoms with van der Waals surface area (Å²) in [6.45, 7) is 0. The molecule has 1 atom stereocenters. The van der Waals surface area contributed by atoms with Crippen molar-refractivity contribution in [3.8, 4) is 0 Å². The second kappa shape index (κ2) is 4.95. The van der Waals surface area contributed by atoms with Crippen molar-refractivity contribution >= 4 is 0 Å². The zero-order chi connectivity index (χ0) is 15.0. The van der Waals surface area contributed by atoms with E-state index in [0.29, 0.717) is 12.1 Å². The van der Waals surface area contributed by atoms with Crippen molar-refractivity contribution in [1.82, 2.24) is 0 Å². The van der Waals surface area contributed by atoms with Crippen LogP contribution >= 0.6 is 0 Å². The van der Waals surface area contributed by atoms with E-state index >= 15 is 0 Å². The Balaban J connectivity index is 3.20. The number of benzene rings is 1. The lowest BCUT2D eigenvalue weighted by Gasteiger charge is -2.27. The van der Waals surface area contributed by atoms with Crippen LogP contribution in [-0.2, 0) is 0 Å². The van der Waals surface area contributed by atoms with Gasteiger partial charge in [0.15, 0.2) is 17.6 Å². The van der Waals surface area contributed by atoms with Gasteiger partial charge in [0.25, 0.3) is 0 Å². The minimum Gasteiger partial charge on any atom is -0.387 e. The van der Waals surface area contributed by atoms with Crippen molar-refractivity contribution in [3.05, 3.63) is 35.4 Å². The molecule has 0 bridgehead atoms. The molecule has 1 nitrogen and oxygen atoms in total. The predicted molar refractivity (Wildman–Crippen MR) is 46.9 cm³/mol. The first-order valence-electron chi connectivity index (χ1n) is 4.71. The summed E-state index contributed by atoms with van der Waals surface area (Å²) in [4.78, 5) is 0. The van der Waals surface area contributed by atoms with Crippen LogP contribution in [0.15, 0.2) is 18.2 Å². The molecule has 108 valence electrons. The lowest BCUT2D eigenvalue weighted by atomic mass is 9.94. The first kappa shape index (κ1) is 15.7. The van der Waals surface area contributed by atoms with E-state index in [0.717, 1.165) is 0 Å². The van der Waals surface area contributed by atoms with Crippen molar-refractivity contribution in [2.75, 3.05) is 0 Å². The molecule has 0 aliphatic heterocycles. The molecule has 1 rings (SSSR count). The molecule has 0 aromatic heterocycles. The van der Waals surface area contributed by atoms with Gasteiger partial charge in [-0.05, 0) is 17.7 Å². The minimum absolute atomic E-state index is 0.0878. The van der Waals surface area contributed by atoms with Crippen LogP contribution in [0.4, 0.5) is 35.1 Å². The topological polar surface area (TPSA) is 20.2 Å². The third-order valence-electron chi connectivity index (χ3n) is 2.31. The Kier molecular flexibility index (Phi) is 4.08. The summed E-state index contributed by atoms with van der Waals surface area (Å²) >= 11 is 0. The summed E-state index contributed by atoms with van der Waals surface area (Å²) in [5.41, 5.74) is -1.02. The molecule has 0 aliphatic rings. The third kappa shape index (κ3) is 3.55. The Labute approximate surface area is 101 Å². The number of halogens is 8. The molecule has 0 heterocycles. The fourth-order valence-corrected chi connectivity index (χ4v) is 1.43. The largest absolute Gasteiger partial charge is 0.403 e. The zero-order valence-corrected chi connectivity index (χ0v) is 8.86. The Morgan fingerprint density at radius 3 is 1.68 bits per heavy atom. The van der Waals surface area contributed by atoms with Gasteiger partial charge in [0.05, 0.1) is 6.10 Å². The average Bonchev–Trinajstić information content (AvgIpc) is 2.17. The molecule has 0 saturated heterocycles. The maximum Gasteiger partial charge on any atom is 0.403 e. The average molecular weight is 294 g/mol. The van der Waals surface area contributed by atoms with E-state index in [1.807, 2.05) is 0 Å². The van der Waals surface area contributed by atoms with Crippen molar-refractivity contribution < 1.29 is 40.2 Å². The van der Waals surface area contributed by atoms with E-state index in [9.17, 15) is 35.1 Å². The predicted octanol–water partition coefficient (Wildman–Crippen LogP) is 3.74. The first-order chi connectivity index (χ1) is 8.44. The monoisotopic (exact) mass is 294 g/mol. The number of aliphatic hydroxyl groups excluding tert-OH is 1. The highest BCUT2D eigenvalue weighted by molar-refractivity contribution is 5.21. The van der Waals surface area contributed by atoms with Gasteiger partial charge in [-0.25, -0.2) is 8.78 Å². The van der Waals surface area contributed by atoms with E-state index in [4.69, 9.17) is 5.11 Å². The molecule has 1 aromatic carbocycles. The number of hydrogen-bond acceptors (Lipinski definition) is 1. The lowest BCUT2D eigenvalue weighted by Crippen LogP contribution is -2.40. The molecule has 19 heavy (non-hydrogen) atoms. The minimum atomic E-state index is -5.78. The van der Waals surface area contributed by atoms with Gasteiger partial charge in [0.1, 0.15) is 0 Å². The maximum atomic E-state index is 12.7. The zero-order valence-electron chi connectivity index (χ0n) is 8.86. The van der Waals surface area contributed by atoms with Gasteiger partial charge < -0.3 is 5.11 Å². The first-order valence-corrected chi connectivity index (χ1v) is 4.71. The van der Waals surface area contributed by atoms with Crippen molar-refractivity contribution in [2.45, 2.75) is 18.5 Å². The van der Waals surface area contributed by atoms with Crippen LogP contribution in [0.2, 0.25) is 0 Å². The fourth-order valence-electron chi connectivity index (χ4n) is 1.43. The molecule has 0 amide bonds. The smallest absolute Gasteiger partial charge is 0.387 e. The van der Waals surface area contributed by atoms with Crippen LogP contribution in [0.25, 0.3) is 0 Å². The van der Waals surface area contributed by atoms with Crippen molar-refractivity contribution in [1.29, 1.82) is 0 Å². The molecular weight excluding hydrogens is 288 g/mol. The number of alkyl halides is 6. The third-order valence-corrected chi connectivity index (χ3v) is 2.31. The van der Waals surface area contributed by atoms with Crippen LogP contribution in [-0.4, -0.2) is 17.5 Å². The quantitative estimate of drug-likeness (QED) is 0.824. The normalized spacial score (nSPS) is 14.8. The van der Waals surface area contributed by atoms with Crippen molar-refractivity contribution in [2.24, 2.45) is 5.92 Å². The van der Waals surface area contributed by atoms with Gasteiger partial charge in [-0.15, -0.1) is 0 Å². The fraction of sp³-hybridized carbons (Fsp3) is 0.400. The molecule has 1 N–H and O–H groups in total. The molecule has 1 aromatic rings. The van der Waals surface area contributed by atoms with E-state index in [1.165, 1.54) is 0 Å². The van der Waals surface area contributed by atoms with Gasteiger partial charge in [-0.2, -0.15) is 26.3 Å². The van der Waals surface area contributed by atoms with E-state index in [1.54, 1.807) is 0 Å². The van der Waals surface area contributed by atoms with Crippen LogP contribution in [0.1, 0.15) is 11.7 Å². The van der Waals surface area contributed by atoms with E-state index < -0.39 is 41.6 Å². The van der Waals surface area contributed by atoms with Crippen LogP contribution in [0, 0.1) is 17.6 Å². The maximum absolute atomic E-state index is 12.7. The molecule has 0 radical (unpaired) electrons. The van der Waals surface area contributed by atoms with E-state index in [-0.39, 0.29) is 6.07 Å². The SMILES string of the molecule is OC(c1ccc(F)c(F)c1)C(C(F)(F)F)C(F)(F)F. The van der Waals surface area contributed by atoms with Crippen LogP contribution in [0.3, 0.4) is 0 Å². The van der Waals surface area contributed by atoms with Gasteiger partial charge in [-0.1, -0.05) is 6.07 Å². The lowest BCUT2D eigenvalue weighted by molar-refractivity contribution is -0.307. The highest BCUT2D eigenvalue weighted by atomic mass is 19.4. The second-order valence-electron chi connectivity index (χ2n) is 3.68. The summed E-state index contributed by atoms with van der Waals surface area (Å²) in [6.07, 6.45) is -14.6. The van der Waals surface area contributed by atoms with E-state index in [2.05, 4.69) is 0 Å².